The Morgan fingerprint density at radius 3 is 2.67 bits per heavy atom. The molecule has 3 aromatic carbocycles. The van der Waals surface area contributed by atoms with Crippen molar-refractivity contribution >= 4 is 34.2 Å². The van der Waals surface area contributed by atoms with Gasteiger partial charge in [0.25, 0.3) is 11.6 Å². The number of nitrogens with one attached hydrogen (secondary N) is 2. The summed E-state index contributed by atoms with van der Waals surface area (Å²) in [7, 11) is 0. The molecule has 3 aromatic rings. The highest BCUT2D eigenvalue weighted by Crippen LogP contribution is 2.39. The molecule has 7 nitrogen and oxygen atoms in total. The summed E-state index contributed by atoms with van der Waals surface area (Å²) >= 11 is 0. The Bertz CT molecular complexity index is 1280. The quantitative estimate of drug-likeness (QED) is 0.335. The Kier molecular flexibility index (Phi) is 5.40. The number of likely N-dealkylation sites (N-methyl/N-ethyl adjacent to an activating group) is 1. The zero-order chi connectivity index (χ0) is 22.9. The van der Waals surface area contributed by atoms with E-state index in [2.05, 4.69) is 34.6 Å². The number of benzene rings is 3. The Morgan fingerprint density at radius 1 is 1.09 bits per heavy atom. The van der Waals surface area contributed by atoms with Gasteiger partial charge in [0.1, 0.15) is 0 Å². The lowest BCUT2D eigenvalue weighted by Crippen LogP contribution is -2.30. The number of carbonyl (C=O) groups is 1. The van der Waals surface area contributed by atoms with Gasteiger partial charge >= 0.3 is 0 Å². The second kappa shape index (κ2) is 8.52. The van der Waals surface area contributed by atoms with E-state index in [-0.39, 0.29) is 11.6 Å². The van der Waals surface area contributed by atoms with Crippen LogP contribution in [0.4, 0.5) is 17.1 Å². The molecule has 0 saturated heterocycles. The number of amides is 1. The second-order valence-electron chi connectivity index (χ2n) is 8.28. The molecular formula is C26H24N4O3. The first-order valence-corrected chi connectivity index (χ1v) is 11.0. The second-order valence-corrected chi connectivity index (χ2v) is 8.28. The topological polar surface area (TPSA) is 87.5 Å². The number of rotatable bonds is 5. The molecule has 0 radical (unpaired) electrons. The molecule has 5 rings (SSSR count). The van der Waals surface area contributed by atoms with E-state index >= 15 is 0 Å². The average molecular weight is 441 g/mol. The first-order chi connectivity index (χ1) is 16.0. The van der Waals surface area contributed by atoms with Crippen LogP contribution >= 0.6 is 0 Å². The molecule has 0 saturated carbocycles. The molecule has 2 N–H and O–H groups in total. The largest absolute Gasteiger partial charge is 0.354 e. The first kappa shape index (κ1) is 20.9. The smallest absolute Gasteiger partial charge is 0.270 e. The number of nitro benzene ring substituents is 1. The summed E-state index contributed by atoms with van der Waals surface area (Å²) in [4.78, 5) is 26.4. The number of hydrogen-bond donors (Lipinski definition) is 2. The Balaban J connectivity index is 1.61. The van der Waals surface area contributed by atoms with Gasteiger partial charge < -0.3 is 10.6 Å². The van der Waals surface area contributed by atoms with Crippen molar-refractivity contribution < 1.29 is 9.72 Å². The van der Waals surface area contributed by atoms with Gasteiger partial charge in [0.15, 0.2) is 0 Å². The molecule has 0 spiro atoms. The SMILES string of the molecule is CCN1CCc2cc(NC(=C3C(=O)Nc4ccc([N+](=O)[O-])cc43)c3ccccc3)ccc2C1. The lowest BCUT2D eigenvalue weighted by Gasteiger charge is -2.28. The van der Waals surface area contributed by atoms with E-state index in [1.165, 1.54) is 23.3 Å². The highest BCUT2D eigenvalue weighted by molar-refractivity contribution is 6.37. The van der Waals surface area contributed by atoms with Gasteiger partial charge in [0, 0.05) is 42.2 Å². The molecule has 0 bridgehead atoms. The lowest BCUT2D eigenvalue weighted by atomic mass is 9.97. The third-order valence-electron chi connectivity index (χ3n) is 6.29. The minimum Gasteiger partial charge on any atom is -0.354 e. The minimum absolute atomic E-state index is 0.0515. The number of carbonyl (C=O) groups excluding carboxylic acids is 1. The summed E-state index contributed by atoms with van der Waals surface area (Å²) in [5, 5.41) is 17.7. The number of anilines is 2. The van der Waals surface area contributed by atoms with Crippen LogP contribution in [-0.2, 0) is 17.8 Å². The summed E-state index contributed by atoms with van der Waals surface area (Å²) in [6.45, 7) is 5.18. The van der Waals surface area contributed by atoms with Gasteiger partial charge in [0.2, 0.25) is 0 Å². The fourth-order valence-electron chi connectivity index (χ4n) is 4.50. The predicted molar refractivity (Wildman–Crippen MR) is 130 cm³/mol. The maximum absolute atomic E-state index is 13.0. The van der Waals surface area contributed by atoms with Crippen LogP contribution in [0, 0.1) is 10.1 Å². The summed E-state index contributed by atoms with van der Waals surface area (Å²) in [5.41, 5.74) is 6.40. The normalized spacial score (nSPS) is 16.6. The minimum atomic E-state index is -0.445. The van der Waals surface area contributed by atoms with E-state index in [0.29, 0.717) is 22.5 Å². The van der Waals surface area contributed by atoms with Crippen LogP contribution in [0.1, 0.15) is 29.2 Å². The molecule has 33 heavy (non-hydrogen) atoms. The van der Waals surface area contributed by atoms with Gasteiger partial charge in [-0.2, -0.15) is 0 Å². The fourth-order valence-corrected chi connectivity index (χ4v) is 4.50. The first-order valence-electron chi connectivity index (χ1n) is 11.0. The molecule has 2 aliphatic rings. The summed E-state index contributed by atoms with van der Waals surface area (Å²) in [6.07, 6.45) is 0.978. The molecule has 0 fully saturated rings. The van der Waals surface area contributed by atoms with Crippen LogP contribution < -0.4 is 10.6 Å². The van der Waals surface area contributed by atoms with Gasteiger partial charge in [0.05, 0.1) is 16.2 Å². The monoisotopic (exact) mass is 440 g/mol. The molecule has 0 aliphatic carbocycles. The van der Waals surface area contributed by atoms with Crippen molar-refractivity contribution in [2.75, 3.05) is 23.7 Å². The van der Waals surface area contributed by atoms with Gasteiger partial charge in [-0.1, -0.05) is 43.3 Å². The van der Waals surface area contributed by atoms with Crippen LogP contribution in [0.2, 0.25) is 0 Å². The molecule has 0 unspecified atom stereocenters. The van der Waals surface area contributed by atoms with E-state index in [9.17, 15) is 14.9 Å². The summed E-state index contributed by atoms with van der Waals surface area (Å²) in [6, 6.07) is 20.3. The number of non-ortho nitro benzene ring substituents is 1. The predicted octanol–water partition coefficient (Wildman–Crippen LogP) is 4.91. The van der Waals surface area contributed by atoms with Gasteiger partial charge in [-0.15, -0.1) is 0 Å². The van der Waals surface area contributed by atoms with E-state index in [0.717, 1.165) is 37.3 Å². The highest BCUT2D eigenvalue weighted by Gasteiger charge is 2.30. The van der Waals surface area contributed by atoms with E-state index < -0.39 is 4.92 Å². The van der Waals surface area contributed by atoms with Gasteiger partial charge in [-0.05, 0) is 47.9 Å². The zero-order valence-electron chi connectivity index (χ0n) is 18.3. The number of fused-ring (bicyclic) bond motifs is 2. The molecule has 2 aliphatic heterocycles. The third-order valence-corrected chi connectivity index (χ3v) is 6.29. The Hall–Kier alpha value is -3.97. The van der Waals surface area contributed by atoms with Crippen LogP contribution in [0.25, 0.3) is 11.3 Å². The Labute approximate surface area is 191 Å². The Morgan fingerprint density at radius 2 is 1.91 bits per heavy atom. The molecule has 166 valence electrons. The van der Waals surface area contributed by atoms with Gasteiger partial charge in [-0.3, -0.25) is 19.8 Å². The lowest BCUT2D eigenvalue weighted by molar-refractivity contribution is -0.384. The van der Waals surface area contributed by atoms with E-state index in [1.807, 2.05) is 36.4 Å². The fraction of sp³-hybridized carbons (Fsp3) is 0.192. The molecular weight excluding hydrogens is 416 g/mol. The maximum atomic E-state index is 13.0. The summed E-state index contributed by atoms with van der Waals surface area (Å²) in [5.74, 6) is -0.284. The highest BCUT2D eigenvalue weighted by atomic mass is 16.6. The van der Waals surface area contributed by atoms with Crippen molar-refractivity contribution in [1.82, 2.24) is 4.90 Å². The summed E-state index contributed by atoms with van der Waals surface area (Å²) < 4.78 is 0. The van der Waals surface area contributed by atoms with Crippen molar-refractivity contribution in [2.24, 2.45) is 0 Å². The molecule has 7 heteroatoms. The van der Waals surface area contributed by atoms with Crippen LogP contribution in [0.3, 0.4) is 0 Å². The van der Waals surface area contributed by atoms with Crippen molar-refractivity contribution in [3.05, 3.63) is 99.1 Å². The number of nitrogens with zero attached hydrogens (tertiary/aromatic N) is 2. The van der Waals surface area contributed by atoms with Crippen molar-refractivity contribution in [1.29, 1.82) is 0 Å². The van der Waals surface area contributed by atoms with Crippen molar-refractivity contribution in [3.8, 4) is 0 Å². The average Bonchev–Trinajstić information content (AvgIpc) is 3.17. The number of nitro groups is 1. The maximum Gasteiger partial charge on any atom is 0.270 e. The molecule has 0 aromatic heterocycles. The standard InChI is InChI=1S/C26H24N4O3/c1-2-29-13-12-18-14-20(9-8-19(18)16-29)27-25(17-6-4-3-5-7-17)24-22-15-21(30(32)33)10-11-23(22)28-26(24)31/h3-11,14-15,27H,2,12-13,16H2,1H3,(H,28,31). The molecule has 1 amide bonds. The van der Waals surface area contributed by atoms with Crippen LogP contribution in [0.15, 0.2) is 66.7 Å². The molecule has 0 atom stereocenters. The van der Waals surface area contributed by atoms with Crippen LogP contribution in [0.5, 0.6) is 0 Å². The third kappa shape index (κ3) is 3.99. The van der Waals surface area contributed by atoms with E-state index in [4.69, 9.17) is 0 Å². The van der Waals surface area contributed by atoms with Crippen molar-refractivity contribution in [3.63, 3.8) is 0 Å². The van der Waals surface area contributed by atoms with Crippen molar-refractivity contribution in [2.45, 2.75) is 19.9 Å². The molecule has 2 heterocycles. The van der Waals surface area contributed by atoms with E-state index in [1.54, 1.807) is 6.07 Å². The van der Waals surface area contributed by atoms with Gasteiger partial charge in [-0.25, -0.2) is 0 Å². The number of hydrogen-bond acceptors (Lipinski definition) is 5. The van der Waals surface area contributed by atoms with Crippen LogP contribution in [-0.4, -0.2) is 28.8 Å². The zero-order valence-corrected chi connectivity index (χ0v) is 18.3.